The van der Waals surface area contributed by atoms with Gasteiger partial charge in [-0.2, -0.15) is 10.4 Å². The molecule has 208 valence electrons. The van der Waals surface area contributed by atoms with Crippen molar-refractivity contribution < 1.29 is 4.79 Å². The van der Waals surface area contributed by atoms with E-state index in [-0.39, 0.29) is 11.9 Å². The smallest absolute Gasteiger partial charge is 0.245 e. The average molecular weight is 555 g/mol. The summed E-state index contributed by atoms with van der Waals surface area (Å²) < 4.78 is 3.79. The first-order valence-corrected chi connectivity index (χ1v) is 14.3. The number of nitriles is 1. The molecule has 1 atom stereocenters. The van der Waals surface area contributed by atoms with Crippen molar-refractivity contribution in [2.75, 3.05) is 13.1 Å². The Kier molecular flexibility index (Phi) is 6.61. The van der Waals surface area contributed by atoms with E-state index < -0.39 is 0 Å². The fourth-order valence-corrected chi connectivity index (χ4v) is 6.28. The summed E-state index contributed by atoms with van der Waals surface area (Å²) in [5.74, 6) is 1.39. The fraction of sp³-hybridized carbons (Fsp3) is 0.242. The second-order valence-corrected chi connectivity index (χ2v) is 10.8. The van der Waals surface area contributed by atoms with Crippen LogP contribution in [0, 0.1) is 11.3 Å². The van der Waals surface area contributed by atoms with Crippen molar-refractivity contribution in [2.45, 2.75) is 37.8 Å². The van der Waals surface area contributed by atoms with Gasteiger partial charge in [0.15, 0.2) is 11.5 Å². The van der Waals surface area contributed by atoms with Crippen molar-refractivity contribution in [3.63, 3.8) is 0 Å². The molecule has 1 aliphatic heterocycles. The SMILES string of the molecule is C=CC(=O)N1CCC(N[C@H]2CCc3cc(-n4c(-c5ccccc5C#N)nc5ccc(-n6cccn6)nc54)ccc32)CC1. The van der Waals surface area contributed by atoms with Gasteiger partial charge in [-0.15, -0.1) is 0 Å². The number of aromatic nitrogens is 5. The molecule has 1 aliphatic carbocycles. The molecule has 3 aromatic heterocycles. The van der Waals surface area contributed by atoms with Gasteiger partial charge in [0, 0.05) is 48.8 Å². The zero-order valence-corrected chi connectivity index (χ0v) is 23.1. The van der Waals surface area contributed by atoms with Crippen molar-refractivity contribution in [1.82, 2.24) is 34.5 Å². The number of imidazole rings is 1. The summed E-state index contributed by atoms with van der Waals surface area (Å²) in [4.78, 5) is 23.8. The Labute approximate surface area is 243 Å². The third-order valence-corrected chi connectivity index (χ3v) is 8.40. The van der Waals surface area contributed by atoms with Crippen LogP contribution in [0.15, 0.2) is 85.7 Å². The summed E-state index contributed by atoms with van der Waals surface area (Å²) in [5.41, 5.74) is 6.36. The van der Waals surface area contributed by atoms with Gasteiger partial charge in [-0.1, -0.05) is 24.8 Å². The minimum atomic E-state index is 0.0159. The van der Waals surface area contributed by atoms with Crippen LogP contribution in [0.4, 0.5) is 0 Å². The predicted octanol–water partition coefficient (Wildman–Crippen LogP) is 4.90. The molecule has 7 rings (SSSR count). The van der Waals surface area contributed by atoms with Crippen molar-refractivity contribution in [3.8, 4) is 29.0 Å². The molecule has 0 radical (unpaired) electrons. The van der Waals surface area contributed by atoms with Gasteiger partial charge in [-0.05, 0) is 85.4 Å². The molecule has 1 saturated heterocycles. The standard InChI is InChI=1S/C33H30N8O/c1-2-31(42)39-18-14-24(15-19-39)36-28-11-8-22-20-25(9-10-26(22)28)41-32(27-7-4-3-6-23(27)21-34)37-29-12-13-30(38-33(29)41)40-17-5-16-35-40/h2-7,9-10,12-13,16-17,20,24,28,36H,1,8,11,14-15,18-19H2/t28-/m0/s1. The van der Waals surface area contributed by atoms with E-state index in [4.69, 9.17) is 9.97 Å². The van der Waals surface area contributed by atoms with Gasteiger partial charge in [0.25, 0.3) is 0 Å². The van der Waals surface area contributed by atoms with Crippen LogP contribution >= 0.6 is 0 Å². The summed E-state index contributed by atoms with van der Waals surface area (Å²) in [5, 5.41) is 18.1. The first kappa shape index (κ1) is 25.9. The topological polar surface area (TPSA) is 105 Å². The number of aryl methyl sites for hydroxylation is 1. The van der Waals surface area contributed by atoms with Crippen LogP contribution in [0.3, 0.4) is 0 Å². The fourth-order valence-electron chi connectivity index (χ4n) is 6.28. The summed E-state index contributed by atoms with van der Waals surface area (Å²) in [7, 11) is 0. The number of nitrogens with zero attached hydrogens (tertiary/aromatic N) is 7. The highest BCUT2D eigenvalue weighted by molar-refractivity contribution is 5.87. The molecule has 4 heterocycles. The number of hydrogen-bond acceptors (Lipinski definition) is 6. The van der Waals surface area contributed by atoms with Gasteiger partial charge in [0.2, 0.25) is 5.91 Å². The lowest BCUT2D eigenvalue weighted by atomic mass is 10.0. The van der Waals surface area contributed by atoms with Crippen LogP contribution in [-0.4, -0.2) is 54.3 Å². The van der Waals surface area contributed by atoms with E-state index >= 15 is 0 Å². The molecule has 1 N–H and O–H groups in total. The maximum Gasteiger partial charge on any atom is 0.245 e. The van der Waals surface area contributed by atoms with Crippen molar-refractivity contribution in [2.24, 2.45) is 0 Å². The minimum Gasteiger partial charge on any atom is -0.339 e. The molecule has 2 aromatic carbocycles. The van der Waals surface area contributed by atoms with E-state index in [2.05, 4.69) is 45.8 Å². The second kappa shape index (κ2) is 10.7. The van der Waals surface area contributed by atoms with E-state index in [1.54, 1.807) is 10.9 Å². The van der Waals surface area contributed by atoms with E-state index in [1.807, 2.05) is 53.6 Å². The summed E-state index contributed by atoms with van der Waals surface area (Å²) >= 11 is 0. The van der Waals surface area contributed by atoms with Crippen molar-refractivity contribution in [3.05, 3.63) is 102 Å². The lowest BCUT2D eigenvalue weighted by Gasteiger charge is -2.33. The minimum absolute atomic E-state index is 0.0159. The molecule has 0 bridgehead atoms. The molecule has 5 aromatic rings. The van der Waals surface area contributed by atoms with Crippen LogP contribution in [-0.2, 0) is 11.2 Å². The van der Waals surface area contributed by atoms with Gasteiger partial charge >= 0.3 is 0 Å². The van der Waals surface area contributed by atoms with E-state index in [0.29, 0.717) is 28.9 Å². The highest BCUT2D eigenvalue weighted by Gasteiger charge is 2.29. The third-order valence-electron chi connectivity index (χ3n) is 8.40. The Balaban J connectivity index is 1.25. The Morgan fingerprint density at radius 1 is 1.05 bits per heavy atom. The normalized spacial score (nSPS) is 16.8. The van der Waals surface area contributed by atoms with Crippen LogP contribution in [0.5, 0.6) is 0 Å². The van der Waals surface area contributed by atoms with E-state index in [9.17, 15) is 10.1 Å². The number of nitrogens with one attached hydrogen (secondary N) is 1. The van der Waals surface area contributed by atoms with Gasteiger partial charge in [0.05, 0.1) is 11.6 Å². The third kappa shape index (κ3) is 4.56. The Morgan fingerprint density at radius 3 is 2.69 bits per heavy atom. The first-order chi connectivity index (χ1) is 20.6. The summed E-state index contributed by atoms with van der Waals surface area (Å²) in [6.07, 6.45) is 8.88. The predicted molar refractivity (Wildman–Crippen MR) is 160 cm³/mol. The van der Waals surface area contributed by atoms with Crippen LogP contribution < -0.4 is 5.32 Å². The second-order valence-electron chi connectivity index (χ2n) is 10.8. The highest BCUT2D eigenvalue weighted by atomic mass is 16.2. The first-order valence-electron chi connectivity index (χ1n) is 14.3. The molecule has 0 saturated carbocycles. The number of carbonyl (C=O) groups is 1. The Morgan fingerprint density at radius 2 is 1.90 bits per heavy atom. The maximum absolute atomic E-state index is 12.0. The number of carbonyl (C=O) groups excluding carboxylic acids is 1. The molecule has 9 nitrogen and oxygen atoms in total. The molecule has 0 unspecified atom stereocenters. The molecule has 1 amide bonds. The summed E-state index contributed by atoms with van der Waals surface area (Å²) in [6.45, 7) is 5.14. The van der Waals surface area contributed by atoms with Crippen LogP contribution in [0.2, 0.25) is 0 Å². The Hall–Kier alpha value is -5.07. The molecule has 2 aliphatic rings. The highest BCUT2D eigenvalue weighted by Crippen LogP contribution is 2.36. The van der Waals surface area contributed by atoms with E-state index in [1.165, 1.54) is 17.2 Å². The van der Waals surface area contributed by atoms with Gasteiger partial charge < -0.3 is 10.2 Å². The van der Waals surface area contributed by atoms with Crippen LogP contribution in [0.1, 0.15) is 42.0 Å². The van der Waals surface area contributed by atoms with Crippen molar-refractivity contribution >= 4 is 17.1 Å². The molecule has 42 heavy (non-hydrogen) atoms. The largest absolute Gasteiger partial charge is 0.339 e. The number of likely N-dealkylation sites (tertiary alicyclic amines) is 1. The zero-order chi connectivity index (χ0) is 28.6. The molecular formula is C33H30N8O. The lowest BCUT2D eigenvalue weighted by Crippen LogP contribution is -2.45. The summed E-state index contributed by atoms with van der Waals surface area (Å²) in [6, 6.07) is 22.9. The van der Waals surface area contributed by atoms with Crippen LogP contribution in [0.25, 0.3) is 34.1 Å². The Bertz CT molecular complexity index is 1840. The monoisotopic (exact) mass is 554 g/mol. The average Bonchev–Trinajstić information content (AvgIpc) is 3.80. The molecule has 9 heteroatoms. The van der Waals surface area contributed by atoms with Gasteiger partial charge in [-0.3, -0.25) is 9.36 Å². The number of fused-ring (bicyclic) bond motifs is 2. The number of hydrogen-bond donors (Lipinski definition) is 1. The lowest BCUT2D eigenvalue weighted by molar-refractivity contribution is -0.127. The maximum atomic E-state index is 12.0. The van der Waals surface area contributed by atoms with E-state index in [0.717, 1.165) is 55.5 Å². The molecule has 1 fully saturated rings. The van der Waals surface area contributed by atoms with Gasteiger partial charge in [0.1, 0.15) is 11.3 Å². The number of amides is 1. The quantitative estimate of drug-likeness (QED) is 0.300. The number of rotatable bonds is 6. The molecular weight excluding hydrogens is 524 g/mol. The number of pyridine rings is 1. The zero-order valence-electron chi connectivity index (χ0n) is 23.1. The number of piperidine rings is 1. The van der Waals surface area contributed by atoms with Crippen molar-refractivity contribution in [1.29, 1.82) is 5.26 Å². The molecule has 0 spiro atoms. The van der Waals surface area contributed by atoms with Gasteiger partial charge in [-0.25, -0.2) is 14.6 Å². The number of benzene rings is 2.